The summed E-state index contributed by atoms with van der Waals surface area (Å²) in [5.74, 6) is 0.572. The molecule has 0 saturated heterocycles. The average Bonchev–Trinajstić information content (AvgIpc) is 3.05. The summed E-state index contributed by atoms with van der Waals surface area (Å²) in [6.07, 6.45) is 0. The second-order valence-corrected chi connectivity index (χ2v) is 7.04. The van der Waals surface area contributed by atoms with Crippen molar-refractivity contribution in [3.05, 3.63) is 69.6 Å². The summed E-state index contributed by atoms with van der Waals surface area (Å²) in [4.78, 5) is 4.57. The van der Waals surface area contributed by atoms with Gasteiger partial charge in [0.05, 0.1) is 10.2 Å². The summed E-state index contributed by atoms with van der Waals surface area (Å²) >= 11 is 6.91. The number of hydrogen-bond acceptors (Lipinski definition) is 3. The number of anilines is 1. The summed E-state index contributed by atoms with van der Waals surface area (Å²) in [6, 6.07) is 20.3. The molecule has 0 atom stereocenters. The van der Waals surface area contributed by atoms with Gasteiger partial charge in [0, 0.05) is 10.0 Å². The van der Waals surface area contributed by atoms with E-state index in [0.29, 0.717) is 17.2 Å². The van der Waals surface area contributed by atoms with Gasteiger partial charge in [-0.25, -0.2) is 4.98 Å². The average molecular weight is 444 g/mol. The van der Waals surface area contributed by atoms with Crippen molar-refractivity contribution >= 4 is 48.6 Å². The van der Waals surface area contributed by atoms with Gasteiger partial charge < -0.3 is 10.2 Å². The largest absolute Gasteiger partial charge is 0.436 e. The van der Waals surface area contributed by atoms with Gasteiger partial charge in [-0.1, -0.05) is 42.5 Å². The molecule has 2 N–H and O–H groups in total. The van der Waals surface area contributed by atoms with Gasteiger partial charge in [-0.3, -0.25) is 0 Å². The lowest BCUT2D eigenvalue weighted by molar-refractivity contribution is 0.619. The summed E-state index contributed by atoms with van der Waals surface area (Å²) in [5, 5.41) is 0. The third-order valence-corrected chi connectivity index (χ3v) is 5.31. The number of nitrogens with two attached hydrogens (primary N) is 1. The lowest BCUT2D eigenvalue weighted by Gasteiger charge is -2.02. The predicted octanol–water partition coefficient (Wildman–Crippen LogP) is 6.27. The first kappa shape index (κ1) is 15.4. The zero-order chi connectivity index (χ0) is 16.7. The van der Waals surface area contributed by atoms with Crippen molar-refractivity contribution in [1.82, 2.24) is 4.98 Å². The molecule has 0 radical (unpaired) electrons. The van der Waals surface area contributed by atoms with Gasteiger partial charge in [0.25, 0.3) is 0 Å². The molecule has 3 nitrogen and oxygen atoms in total. The third kappa shape index (κ3) is 2.64. The summed E-state index contributed by atoms with van der Waals surface area (Å²) in [7, 11) is 0. The Morgan fingerprint density at radius 1 is 0.833 bits per heavy atom. The van der Waals surface area contributed by atoms with Crippen molar-refractivity contribution in [3.8, 4) is 22.6 Å². The smallest absolute Gasteiger partial charge is 0.227 e. The molecule has 5 heteroatoms. The Hall–Kier alpha value is -2.11. The molecule has 1 aromatic heterocycles. The molecule has 0 aliphatic rings. The molecule has 24 heavy (non-hydrogen) atoms. The van der Waals surface area contributed by atoms with Crippen LogP contribution in [-0.4, -0.2) is 4.98 Å². The molecule has 0 fully saturated rings. The number of oxazole rings is 1. The highest BCUT2D eigenvalue weighted by atomic mass is 79.9. The third-order valence-electron chi connectivity index (χ3n) is 3.85. The van der Waals surface area contributed by atoms with Crippen molar-refractivity contribution < 1.29 is 4.42 Å². The molecule has 0 amide bonds. The maximum absolute atomic E-state index is 6.00. The quantitative estimate of drug-likeness (QED) is 0.371. The summed E-state index contributed by atoms with van der Waals surface area (Å²) < 4.78 is 7.41. The first-order valence-corrected chi connectivity index (χ1v) is 8.92. The molecule has 4 aromatic rings. The van der Waals surface area contributed by atoms with E-state index in [4.69, 9.17) is 10.2 Å². The molecule has 0 aliphatic carbocycles. The van der Waals surface area contributed by atoms with Crippen LogP contribution in [0.3, 0.4) is 0 Å². The van der Waals surface area contributed by atoms with Crippen LogP contribution in [0.2, 0.25) is 0 Å². The van der Waals surface area contributed by atoms with Gasteiger partial charge in [-0.2, -0.15) is 0 Å². The zero-order valence-corrected chi connectivity index (χ0v) is 15.6. The maximum atomic E-state index is 6.00. The van der Waals surface area contributed by atoms with Crippen molar-refractivity contribution in [3.63, 3.8) is 0 Å². The Morgan fingerprint density at radius 2 is 1.46 bits per heavy atom. The van der Waals surface area contributed by atoms with Crippen LogP contribution in [0.4, 0.5) is 5.69 Å². The van der Waals surface area contributed by atoms with E-state index in [1.807, 2.05) is 36.4 Å². The van der Waals surface area contributed by atoms with Crippen LogP contribution < -0.4 is 5.73 Å². The van der Waals surface area contributed by atoms with Crippen LogP contribution in [0.15, 0.2) is 74.0 Å². The SMILES string of the molecule is Nc1c(Br)cc2oc(-c3ccc(-c4ccccc4)cc3)nc2c1Br. The monoisotopic (exact) mass is 442 g/mol. The fourth-order valence-electron chi connectivity index (χ4n) is 2.57. The number of benzene rings is 3. The highest BCUT2D eigenvalue weighted by Crippen LogP contribution is 2.37. The van der Waals surface area contributed by atoms with E-state index in [-0.39, 0.29) is 0 Å². The van der Waals surface area contributed by atoms with Crippen molar-refractivity contribution in [2.75, 3.05) is 5.73 Å². The lowest BCUT2D eigenvalue weighted by Crippen LogP contribution is -1.88. The predicted molar refractivity (Wildman–Crippen MR) is 105 cm³/mol. The molecule has 118 valence electrons. The Balaban J connectivity index is 1.76. The standard InChI is InChI=1S/C19H12Br2N2O/c20-14-10-15-18(16(21)17(14)22)23-19(24-15)13-8-6-12(7-9-13)11-4-2-1-3-5-11/h1-10H,22H2. The molecule has 1 heterocycles. The van der Waals surface area contributed by atoms with E-state index in [0.717, 1.165) is 25.6 Å². The number of nitrogen functional groups attached to an aromatic ring is 1. The molecule has 0 spiro atoms. The minimum atomic E-state index is 0.572. The normalized spacial score (nSPS) is 11.1. The number of hydrogen-bond donors (Lipinski definition) is 1. The zero-order valence-electron chi connectivity index (χ0n) is 12.5. The molecule has 3 aromatic carbocycles. The minimum absolute atomic E-state index is 0.572. The summed E-state index contributed by atoms with van der Waals surface area (Å²) in [5.41, 5.74) is 11.3. The van der Waals surface area contributed by atoms with Crippen LogP contribution in [0.25, 0.3) is 33.7 Å². The Labute approximate surface area is 155 Å². The van der Waals surface area contributed by atoms with Crippen LogP contribution in [0.5, 0.6) is 0 Å². The van der Waals surface area contributed by atoms with E-state index in [2.05, 4.69) is 61.1 Å². The summed E-state index contributed by atoms with van der Waals surface area (Å²) in [6.45, 7) is 0. The topological polar surface area (TPSA) is 52.0 Å². The van der Waals surface area contributed by atoms with Crippen molar-refractivity contribution in [1.29, 1.82) is 0 Å². The van der Waals surface area contributed by atoms with Gasteiger partial charge in [-0.05, 0) is 61.2 Å². The van der Waals surface area contributed by atoms with Crippen LogP contribution in [0, 0.1) is 0 Å². The maximum Gasteiger partial charge on any atom is 0.227 e. The van der Waals surface area contributed by atoms with Gasteiger partial charge in [-0.15, -0.1) is 0 Å². The first-order chi connectivity index (χ1) is 11.6. The van der Waals surface area contributed by atoms with E-state index >= 15 is 0 Å². The molecule has 4 rings (SSSR count). The number of nitrogens with zero attached hydrogens (tertiary/aromatic N) is 1. The molecule has 0 saturated carbocycles. The van der Waals surface area contributed by atoms with Gasteiger partial charge >= 0.3 is 0 Å². The van der Waals surface area contributed by atoms with E-state index in [1.54, 1.807) is 0 Å². The van der Waals surface area contributed by atoms with E-state index in [1.165, 1.54) is 5.56 Å². The molecule has 0 aliphatic heterocycles. The fourth-order valence-corrected chi connectivity index (χ4v) is 3.74. The highest BCUT2D eigenvalue weighted by molar-refractivity contribution is 9.11. The van der Waals surface area contributed by atoms with E-state index < -0.39 is 0 Å². The van der Waals surface area contributed by atoms with Crippen molar-refractivity contribution in [2.45, 2.75) is 0 Å². The van der Waals surface area contributed by atoms with E-state index in [9.17, 15) is 0 Å². The molecular weight excluding hydrogens is 432 g/mol. The van der Waals surface area contributed by atoms with Gasteiger partial charge in [0.2, 0.25) is 5.89 Å². The number of halogens is 2. The molecular formula is C19H12Br2N2O. The Bertz CT molecular complexity index is 1020. The fraction of sp³-hybridized carbons (Fsp3) is 0. The number of aromatic nitrogens is 1. The van der Waals surface area contributed by atoms with Gasteiger partial charge in [0.1, 0.15) is 5.52 Å². The first-order valence-electron chi connectivity index (χ1n) is 7.33. The number of fused-ring (bicyclic) bond motifs is 1. The lowest BCUT2D eigenvalue weighted by atomic mass is 10.0. The van der Waals surface area contributed by atoms with Crippen LogP contribution in [-0.2, 0) is 0 Å². The second kappa shape index (κ2) is 6.07. The van der Waals surface area contributed by atoms with Crippen LogP contribution in [0.1, 0.15) is 0 Å². The Kier molecular flexibility index (Phi) is 3.90. The second-order valence-electron chi connectivity index (χ2n) is 5.40. The molecule has 0 unspecified atom stereocenters. The van der Waals surface area contributed by atoms with Crippen molar-refractivity contribution in [2.24, 2.45) is 0 Å². The van der Waals surface area contributed by atoms with Gasteiger partial charge in [0.15, 0.2) is 5.58 Å². The number of rotatable bonds is 2. The Morgan fingerprint density at radius 3 is 2.17 bits per heavy atom. The molecule has 0 bridgehead atoms. The highest BCUT2D eigenvalue weighted by Gasteiger charge is 2.15. The minimum Gasteiger partial charge on any atom is -0.436 e. The van der Waals surface area contributed by atoms with Crippen LogP contribution >= 0.6 is 31.9 Å².